The minimum Gasteiger partial charge on any atom is -0.362 e. The van der Waals surface area contributed by atoms with Crippen molar-refractivity contribution in [3.63, 3.8) is 0 Å². The maximum atomic E-state index is 12.5. The zero-order chi connectivity index (χ0) is 18.1. The van der Waals surface area contributed by atoms with Gasteiger partial charge < -0.3 is 9.42 Å². The van der Waals surface area contributed by atoms with Crippen molar-refractivity contribution in [1.82, 2.24) is 15.0 Å². The second kappa shape index (κ2) is 7.19. The molecule has 3 heterocycles. The number of aryl methyl sites for hydroxylation is 3. The van der Waals surface area contributed by atoms with E-state index in [9.17, 15) is 9.59 Å². The van der Waals surface area contributed by atoms with Crippen LogP contribution in [0.15, 0.2) is 10.8 Å². The maximum absolute atomic E-state index is 12.5. The van der Waals surface area contributed by atoms with Crippen LogP contribution in [-0.2, 0) is 22.4 Å². The molecule has 1 aliphatic heterocycles. The first-order valence-corrected chi connectivity index (χ1v) is 9.93. The number of carbonyl (C=O) groups excluding carboxylic acids is 2. The number of hydrogen-bond acceptors (Lipinski definition) is 6. The third-order valence-electron chi connectivity index (χ3n) is 5.09. The second-order valence-electron chi connectivity index (χ2n) is 7.02. The molecule has 1 aliphatic carbocycles. The Balaban J connectivity index is 1.43. The van der Waals surface area contributed by atoms with Crippen molar-refractivity contribution in [1.29, 1.82) is 0 Å². The molecule has 1 fully saturated rings. The number of nitrogens with zero attached hydrogens (tertiary/aromatic N) is 3. The van der Waals surface area contributed by atoms with E-state index >= 15 is 0 Å². The Bertz CT molecular complexity index is 805. The quantitative estimate of drug-likeness (QED) is 0.817. The Hall–Kier alpha value is -2.22. The zero-order valence-corrected chi connectivity index (χ0v) is 15.6. The maximum Gasteiger partial charge on any atom is 0.315 e. The molecule has 1 atom stereocenters. The van der Waals surface area contributed by atoms with Gasteiger partial charge in [0.1, 0.15) is 6.26 Å². The number of thiazole rings is 1. The smallest absolute Gasteiger partial charge is 0.315 e. The van der Waals surface area contributed by atoms with E-state index < -0.39 is 11.8 Å². The van der Waals surface area contributed by atoms with Crippen LogP contribution in [0.4, 0.5) is 5.82 Å². The van der Waals surface area contributed by atoms with E-state index in [0.29, 0.717) is 24.5 Å². The van der Waals surface area contributed by atoms with Crippen LogP contribution in [-0.4, -0.2) is 39.9 Å². The Morgan fingerprint density at radius 1 is 1.31 bits per heavy atom. The number of amides is 2. The van der Waals surface area contributed by atoms with Gasteiger partial charge in [0.15, 0.2) is 5.82 Å². The zero-order valence-electron chi connectivity index (χ0n) is 14.8. The summed E-state index contributed by atoms with van der Waals surface area (Å²) in [5.74, 6) is -0.658. The van der Waals surface area contributed by atoms with Gasteiger partial charge in [-0.05, 0) is 45.4 Å². The molecular weight excluding hydrogens is 352 g/mol. The largest absolute Gasteiger partial charge is 0.362 e. The summed E-state index contributed by atoms with van der Waals surface area (Å²) in [6.07, 6.45) is 7.99. The summed E-state index contributed by atoms with van der Waals surface area (Å²) in [4.78, 5) is 32.7. The van der Waals surface area contributed by atoms with Gasteiger partial charge in [0.2, 0.25) is 0 Å². The van der Waals surface area contributed by atoms with Crippen LogP contribution in [0.3, 0.4) is 0 Å². The summed E-state index contributed by atoms with van der Waals surface area (Å²) in [6.45, 7) is 2.92. The predicted molar refractivity (Wildman–Crippen MR) is 97.2 cm³/mol. The van der Waals surface area contributed by atoms with Gasteiger partial charge in [0, 0.05) is 29.4 Å². The Morgan fingerprint density at radius 2 is 2.15 bits per heavy atom. The summed E-state index contributed by atoms with van der Waals surface area (Å²) in [5.41, 5.74) is 1.94. The second-order valence-corrected chi connectivity index (χ2v) is 8.13. The lowest BCUT2D eigenvalue weighted by molar-refractivity contribution is -0.144. The van der Waals surface area contributed by atoms with Gasteiger partial charge in [-0.15, -0.1) is 11.3 Å². The number of fused-ring (bicyclic) bond motifs is 1. The van der Waals surface area contributed by atoms with Gasteiger partial charge >= 0.3 is 11.8 Å². The Labute approximate surface area is 155 Å². The number of rotatable bonds is 2. The first-order chi connectivity index (χ1) is 12.6. The highest BCUT2D eigenvalue weighted by atomic mass is 32.1. The van der Waals surface area contributed by atoms with Crippen LogP contribution in [0.1, 0.15) is 52.7 Å². The summed E-state index contributed by atoms with van der Waals surface area (Å²) in [5, 5.41) is 7.36. The number of carbonyl (C=O) groups is 2. The minimum absolute atomic E-state index is 0.227. The number of piperidine rings is 1. The fraction of sp³-hybridized carbons (Fsp3) is 0.556. The molecule has 0 radical (unpaired) electrons. The van der Waals surface area contributed by atoms with Crippen molar-refractivity contribution in [3.05, 3.63) is 27.4 Å². The average molecular weight is 374 g/mol. The number of nitrogens with one attached hydrogen (secondary N) is 1. The van der Waals surface area contributed by atoms with Crippen LogP contribution in [0.25, 0.3) is 0 Å². The van der Waals surface area contributed by atoms with Crippen LogP contribution >= 0.6 is 11.3 Å². The minimum atomic E-state index is -0.666. The molecule has 0 spiro atoms. The van der Waals surface area contributed by atoms with Gasteiger partial charge in [-0.3, -0.25) is 14.9 Å². The lowest BCUT2D eigenvalue weighted by Crippen LogP contribution is -2.44. The fourth-order valence-electron chi connectivity index (χ4n) is 3.62. The molecule has 8 heteroatoms. The molecule has 26 heavy (non-hydrogen) atoms. The Morgan fingerprint density at radius 3 is 2.92 bits per heavy atom. The van der Waals surface area contributed by atoms with Crippen molar-refractivity contribution < 1.29 is 14.1 Å². The first kappa shape index (κ1) is 17.2. The van der Waals surface area contributed by atoms with E-state index in [2.05, 4.69) is 10.5 Å². The molecule has 7 nitrogen and oxygen atoms in total. The average Bonchev–Trinajstić information content (AvgIpc) is 3.27. The lowest BCUT2D eigenvalue weighted by Gasteiger charge is -2.31. The normalized spacial score (nSPS) is 19.9. The summed E-state index contributed by atoms with van der Waals surface area (Å²) in [7, 11) is 0. The van der Waals surface area contributed by atoms with Crippen LogP contribution in [0, 0.1) is 6.92 Å². The van der Waals surface area contributed by atoms with E-state index in [-0.39, 0.29) is 5.92 Å². The highest BCUT2D eigenvalue weighted by Gasteiger charge is 2.31. The number of anilines is 1. The molecule has 2 amide bonds. The molecule has 1 saturated heterocycles. The molecule has 2 aliphatic rings. The van der Waals surface area contributed by atoms with Crippen molar-refractivity contribution in [2.24, 2.45) is 0 Å². The van der Waals surface area contributed by atoms with E-state index in [1.165, 1.54) is 29.7 Å². The lowest BCUT2D eigenvalue weighted by atomic mass is 9.98. The van der Waals surface area contributed by atoms with E-state index in [1.54, 1.807) is 23.2 Å². The molecule has 2 aromatic rings. The van der Waals surface area contributed by atoms with E-state index in [4.69, 9.17) is 9.51 Å². The highest BCUT2D eigenvalue weighted by molar-refractivity contribution is 7.11. The molecule has 4 rings (SSSR count). The van der Waals surface area contributed by atoms with Crippen LogP contribution in [0.5, 0.6) is 0 Å². The van der Waals surface area contributed by atoms with Gasteiger partial charge in [0.05, 0.1) is 10.7 Å². The van der Waals surface area contributed by atoms with E-state index in [1.807, 2.05) is 0 Å². The fourth-order valence-corrected chi connectivity index (χ4v) is 4.90. The van der Waals surface area contributed by atoms with Crippen molar-refractivity contribution >= 4 is 29.0 Å². The molecule has 2 aromatic heterocycles. The van der Waals surface area contributed by atoms with Crippen molar-refractivity contribution in [3.8, 4) is 0 Å². The molecule has 0 saturated carbocycles. The molecular formula is C18H22N4O3S. The van der Waals surface area contributed by atoms with Crippen LogP contribution < -0.4 is 5.32 Å². The summed E-state index contributed by atoms with van der Waals surface area (Å²) >= 11 is 1.80. The van der Waals surface area contributed by atoms with Crippen molar-refractivity contribution in [2.75, 3.05) is 18.4 Å². The monoisotopic (exact) mass is 374 g/mol. The third kappa shape index (κ3) is 3.38. The number of aromatic nitrogens is 2. The van der Waals surface area contributed by atoms with Gasteiger partial charge in [-0.25, -0.2) is 4.98 Å². The topological polar surface area (TPSA) is 88.3 Å². The summed E-state index contributed by atoms with van der Waals surface area (Å²) < 4.78 is 4.79. The predicted octanol–water partition coefficient (Wildman–Crippen LogP) is 2.66. The summed E-state index contributed by atoms with van der Waals surface area (Å²) in [6, 6.07) is 0. The SMILES string of the molecule is Cc1conc1NC(=O)C(=O)N1CCCC(c2nc3c(s2)CCCC3)C1. The molecule has 1 N–H and O–H groups in total. The van der Waals surface area contributed by atoms with Gasteiger partial charge in [0.25, 0.3) is 0 Å². The standard InChI is InChI=1S/C18H22N4O3S/c1-11-10-25-21-15(11)20-16(23)18(24)22-8-4-5-12(9-22)17-19-13-6-2-3-7-14(13)26-17/h10,12H,2-9H2,1H3,(H,20,21,23). The van der Waals surface area contributed by atoms with E-state index in [0.717, 1.165) is 30.7 Å². The van der Waals surface area contributed by atoms with Crippen molar-refractivity contribution in [2.45, 2.75) is 51.4 Å². The molecule has 0 aromatic carbocycles. The van der Waals surface area contributed by atoms with Crippen LogP contribution in [0.2, 0.25) is 0 Å². The van der Waals surface area contributed by atoms with Gasteiger partial charge in [-0.1, -0.05) is 5.16 Å². The number of hydrogen-bond donors (Lipinski definition) is 1. The molecule has 1 unspecified atom stereocenters. The molecule has 0 bridgehead atoms. The Kier molecular flexibility index (Phi) is 4.76. The third-order valence-corrected chi connectivity index (χ3v) is 6.41. The molecule has 138 valence electrons. The number of likely N-dealkylation sites (tertiary alicyclic amines) is 1. The van der Waals surface area contributed by atoms with Gasteiger partial charge in [-0.2, -0.15) is 0 Å². The first-order valence-electron chi connectivity index (χ1n) is 9.11. The highest BCUT2D eigenvalue weighted by Crippen LogP contribution is 2.34.